The van der Waals surface area contributed by atoms with E-state index in [0.717, 1.165) is 25.7 Å². The third kappa shape index (κ3) is 5.52. The summed E-state index contributed by atoms with van der Waals surface area (Å²) in [7, 11) is 0. The minimum atomic E-state index is -0.793. The number of aliphatic hydroxyl groups excluding tert-OH is 1. The molecule has 1 aliphatic heterocycles. The average Bonchev–Trinajstić information content (AvgIpc) is 2.35. The van der Waals surface area contributed by atoms with Gasteiger partial charge in [0.1, 0.15) is 0 Å². The van der Waals surface area contributed by atoms with Crippen molar-refractivity contribution in [3.05, 3.63) is 0 Å². The summed E-state index contributed by atoms with van der Waals surface area (Å²) in [6.45, 7) is 5.53. The molecule has 3 heteroatoms. The van der Waals surface area contributed by atoms with Gasteiger partial charge in [-0.3, -0.25) is 4.79 Å². The van der Waals surface area contributed by atoms with Crippen LogP contribution in [0.4, 0.5) is 0 Å². The number of carbonyl (C=O) groups is 1. The van der Waals surface area contributed by atoms with Gasteiger partial charge < -0.3 is 9.84 Å². The molecule has 1 fully saturated rings. The molecule has 0 aromatic rings. The van der Waals surface area contributed by atoms with Crippen molar-refractivity contribution in [2.45, 2.75) is 90.8 Å². The van der Waals surface area contributed by atoms with Crippen molar-refractivity contribution in [1.29, 1.82) is 0 Å². The number of esters is 1. The summed E-state index contributed by atoms with van der Waals surface area (Å²) >= 11 is 0. The molecule has 0 aromatic heterocycles. The molecule has 1 unspecified atom stereocenters. The molecule has 1 rings (SSSR count). The molecule has 0 bridgehead atoms. The summed E-state index contributed by atoms with van der Waals surface area (Å²) in [6.07, 6.45) is 9.28. The number of ether oxygens (including phenoxy) is 1. The fraction of sp³-hybridized carbons (Fsp3) is 0.938. The second kappa shape index (κ2) is 7.88. The predicted octanol–water partition coefficient (Wildman–Crippen LogP) is 3.83. The summed E-state index contributed by atoms with van der Waals surface area (Å²) in [4.78, 5) is 12.1. The number of hydrogen-bond acceptors (Lipinski definition) is 3. The first-order chi connectivity index (χ1) is 8.94. The van der Waals surface area contributed by atoms with Gasteiger partial charge in [0.25, 0.3) is 0 Å². The van der Waals surface area contributed by atoms with Gasteiger partial charge in [-0.1, -0.05) is 38.5 Å². The van der Waals surface area contributed by atoms with E-state index in [9.17, 15) is 9.90 Å². The second-order valence-electron chi connectivity index (χ2n) is 6.51. The van der Waals surface area contributed by atoms with Crippen molar-refractivity contribution in [3.8, 4) is 0 Å². The van der Waals surface area contributed by atoms with E-state index in [0.29, 0.717) is 6.42 Å². The van der Waals surface area contributed by atoms with Gasteiger partial charge in [0, 0.05) is 0 Å². The summed E-state index contributed by atoms with van der Waals surface area (Å²) in [5, 5.41) is 10.2. The van der Waals surface area contributed by atoms with E-state index in [2.05, 4.69) is 0 Å². The molecule has 0 aliphatic carbocycles. The monoisotopic (exact) mass is 270 g/mol. The standard InChI is InChI=1S/C16H30O3/c1-13-11-9-7-5-4-6-8-10-12-14(17)16(2,3)15(18)19-13/h13-14,17H,4-12H2,1-3H3/t13?,14-/m0/s1. The molecular weight excluding hydrogens is 240 g/mol. The Hall–Kier alpha value is -0.570. The fourth-order valence-electron chi connectivity index (χ4n) is 2.54. The molecule has 112 valence electrons. The Morgan fingerprint density at radius 2 is 1.47 bits per heavy atom. The van der Waals surface area contributed by atoms with Crippen molar-refractivity contribution in [2.24, 2.45) is 5.41 Å². The van der Waals surface area contributed by atoms with Crippen molar-refractivity contribution < 1.29 is 14.6 Å². The number of rotatable bonds is 0. The second-order valence-corrected chi connectivity index (χ2v) is 6.51. The van der Waals surface area contributed by atoms with Crippen LogP contribution in [0.3, 0.4) is 0 Å². The van der Waals surface area contributed by atoms with Gasteiger partial charge >= 0.3 is 5.97 Å². The van der Waals surface area contributed by atoms with Gasteiger partial charge in [-0.25, -0.2) is 0 Å². The largest absolute Gasteiger partial charge is 0.462 e. The van der Waals surface area contributed by atoms with Crippen LogP contribution in [-0.2, 0) is 9.53 Å². The Morgan fingerprint density at radius 1 is 1.00 bits per heavy atom. The maximum atomic E-state index is 12.1. The van der Waals surface area contributed by atoms with Crippen molar-refractivity contribution in [1.82, 2.24) is 0 Å². The van der Waals surface area contributed by atoms with Gasteiger partial charge in [-0.05, 0) is 40.0 Å². The first-order valence-electron chi connectivity index (χ1n) is 7.83. The van der Waals surface area contributed by atoms with Gasteiger partial charge in [-0.2, -0.15) is 0 Å². The third-order valence-electron chi connectivity index (χ3n) is 4.26. The highest BCUT2D eigenvalue weighted by Crippen LogP contribution is 2.28. The zero-order valence-electron chi connectivity index (χ0n) is 12.8. The van der Waals surface area contributed by atoms with E-state index in [-0.39, 0.29) is 12.1 Å². The highest BCUT2D eigenvalue weighted by molar-refractivity contribution is 5.76. The highest BCUT2D eigenvalue weighted by atomic mass is 16.5. The van der Waals surface area contributed by atoms with Gasteiger partial charge in [0.15, 0.2) is 0 Å². The van der Waals surface area contributed by atoms with E-state index in [1.165, 1.54) is 25.7 Å². The van der Waals surface area contributed by atoms with Gasteiger partial charge in [-0.15, -0.1) is 0 Å². The maximum Gasteiger partial charge on any atom is 0.314 e. The molecule has 1 heterocycles. The Bertz CT molecular complexity index is 273. The van der Waals surface area contributed by atoms with Crippen molar-refractivity contribution in [3.63, 3.8) is 0 Å². The first-order valence-corrected chi connectivity index (χ1v) is 7.83. The minimum Gasteiger partial charge on any atom is -0.462 e. The van der Waals surface area contributed by atoms with E-state index in [4.69, 9.17) is 4.74 Å². The van der Waals surface area contributed by atoms with Crippen LogP contribution in [0.5, 0.6) is 0 Å². The average molecular weight is 270 g/mol. The Labute approximate surface area is 117 Å². The third-order valence-corrected chi connectivity index (χ3v) is 4.26. The lowest BCUT2D eigenvalue weighted by molar-refractivity contribution is -0.166. The molecule has 0 radical (unpaired) electrons. The van der Waals surface area contributed by atoms with Crippen LogP contribution in [0, 0.1) is 5.41 Å². The molecule has 1 aliphatic rings. The summed E-state index contributed by atoms with van der Waals surface area (Å²) < 4.78 is 5.48. The SMILES string of the molecule is CC1CCCCCCCCC[C@H](O)C(C)(C)C(=O)O1. The summed E-state index contributed by atoms with van der Waals surface area (Å²) in [6, 6.07) is 0. The van der Waals surface area contributed by atoms with Crippen LogP contribution < -0.4 is 0 Å². The number of aliphatic hydroxyl groups is 1. The summed E-state index contributed by atoms with van der Waals surface area (Å²) in [5.74, 6) is -0.260. The van der Waals surface area contributed by atoms with Crippen molar-refractivity contribution in [2.75, 3.05) is 0 Å². The van der Waals surface area contributed by atoms with E-state index < -0.39 is 11.5 Å². The number of hydrogen-bond donors (Lipinski definition) is 1. The predicted molar refractivity (Wildman–Crippen MR) is 76.9 cm³/mol. The number of carbonyl (C=O) groups excluding carboxylic acids is 1. The molecule has 0 spiro atoms. The van der Waals surface area contributed by atoms with Crippen LogP contribution in [-0.4, -0.2) is 23.3 Å². The van der Waals surface area contributed by atoms with E-state index >= 15 is 0 Å². The van der Waals surface area contributed by atoms with Crippen LogP contribution >= 0.6 is 0 Å². The van der Waals surface area contributed by atoms with Crippen LogP contribution in [0.25, 0.3) is 0 Å². The highest BCUT2D eigenvalue weighted by Gasteiger charge is 2.37. The molecule has 3 nitrogen and oxygen atoms in total. The van der Waals surface area contributed by atoms with Crippen LogP contribution in [0.2, 0.25) is 0 Å². The Balaban J connectivity index is 2.60. The molecule has 1 N–H and O–H groups in total. The van der Waals surface area contributed by atoms with E-state index in [1.807, 2.05) is 6.92 Å². The zero-order valence-corrected chi connectivity index (χ0v) is 12.8. The molecule has 19 heavy (non-hydrogen) atoms. The molecule has 0 saturated carbocycles. The lowest BCUT2D eigenvalue weighted by Gasteiger charge is -2.30. The molecular formula is C16H30O3. The maximum absolute atomic E-state index is 12.1. The van der Waals surface area contributed by atoms with Crippen LogP contribution in [0.1, 0.15) is 78.6 Å². The first kappa shape index (κ1) is 16.5. The quantitative estimate of drug-likeness (QED) is 0.680. The molecule has 0 aromatic carbocycles. The molecule has 1 saturated heterocycles. The Kier molecular flexibility index (Phi) is 6.84. The Morgan fingerprint density at radius 3 is 2.05 bits per heavy atom. The lowest BCUT2D eigenvalue weighted by Crippen LogP contribution is -2.40. The van der Waals surface area contributed by atoms with Gasteiger partial charge in [0.2, 0.25) is 0 Å². The molecule has 0 amide bonds. The topological polar surface area (TPSA) is 46.5 Å². The summed E-state index contributed by atoms with van der Waals surface area (Å²) in [5.41, 5.74) is -0.793. The normalized spacial score (nSPS) is 31.3. The van der Waals surface area contributed by atoms with Gasteiger partial charge in [0.05, 0.1) is 17.6 Å². The van der Waals surface area contributed by atoms with Crippen molar-refractivity contribution >= 4 is 5.97 Å². The lowest BCUT2D eigenvalue weighted by atomic mass is 9.83. The molecule has 2 atom stereocenters. The van der Waals surface area contributed by atoms with E-state index in [1.54, 1.807) is 13.8 Å². The minimum absolute atomic E-state index is 0.0399. The smallest absolute Gasteiger partial charge is 0.314 e. The fourth-order valence-corrected chi connectivity index (χ4v) is 2.54. The number of cyclic esters (lactones) is 1. The zero-order chi connectivity index (χ0) is 14.3. The van der Waals surface area contributed by atoms with Crippen LogP contribution in [0.15, 0.2) is 0 Å².